The van der Waals surface area contributed by atoms with Crippen LogP contribution in [0.1, 0.15) is 17.1 Å². The minimum atomic E-state index is -0.486. The minimum absolute atomic E-state index is 0.0798. The molecule has 0 radical (unpaired) electrons. The van der Waals surface area contributed by atoms with E-state index in [1.54, 1.807) is 12.3 Å². The number of benzene rings is 1. The lowest BCUT2D eigenvalue weighted by Crippen LogP contribution is -2.14. The minimum Gasteiger partial charge on any atom is -0.307 e. The Bertz CT molecular complexity index is 634. The van der Waals surface area contributed by atoms with Crippen LogP contribution in [0.15, 0.2) is 30.5 Å². The van der Waals surface area contributed by atoms with E-state index in [9.17, 15) is 10.1 Å². The molecule has 0 unspecified atom stereocenters. The van der Waals surface area contributed by atoms with E-state index >= 15 is 0 Å². The summed E-state index contributed by atoms with van der Waals surface area (Å²) >= 11 is 5.76. The summed E-state index contributed by atoms with van der Waals surface area (Å²) in [6.45, 7) is 2.90. The van der Waals surface area contributed by atoms with Crippen molar-refractivity contribution in [2.45, 2.75) is 20.0 Å². The fourth-order valence-electron chi connectivity index (χ4n) is 1.75. The first kappa shape index (κ1) is 14.4. The summed E-state index contributed by atoms with van der Waals surface area (Å²) in [6, 6.07) is 6.59. The monoisotopic (exact) mass is 292 g/mol. The number of aryl methyl sites for hydroxylation is 1. The molecule has 0 fully saturated rings. The maximum absolute atomic E-state index is 10.8. The second-order valence-corrected chi connectivity index (χ2v) is 4.65. The van der Waals surface area contributed by atoms with Gasteiger partial charge in [-0.3, -0.25) is 10.1 Å². The number of halogens is 1. The Labute approximate surface area is 121 Å². The van der Waals surface area contributed by atoms with Gasteiger partial charge in [0.2, 0.25) is 0 Å². The first-order chi connectivity index (χ1) is 9.56. The van der Waals surface area contributed by atoms with E-state index < -0.39 is 4.92 Å². The van der Waals surface area contributed by atoms with Gasteiger partial charge in [0.25, 0.3) is 5.69 Å². The van der Waals surface area contributed by atoms with E-state index in [1.807, 2.05) is 13.0 Å². The van der Waals surface area contributed by atoms with Crippen molar-refractivity contribution in [1.82, 2.24) is 15.3 Å². The van der Waals surface area contributed by atoms with Crippen LogP contribution in [0.5, 0.6) is 0 Å². The number of nitrogens with zero attached hydrogens (tertiary/aromatic N) is 3. The maximum atomic E-state index is 10.8. The van der Waals surface area contributed by atoms with E-state index in [0.717, 1.165) is 11.3 Å². The van der Waals surface area contributed by atoms with Crippen LogP contribution in [0.25, 0.3) is 0 Å². The third-order valence-corrected chi connectivity index (χ3v) is 3.00. The van der Waals surface area contributed by atoms with Crippen molar-refractivity contribution in [1.29, 1.82) is 0 Å². The zero-order valence-electron chi connectivity index (χ0n) is 10.8. The molecule has 0 spiro atoms. The van der Waals surface area contributed by atoms with Gasteiger partial charge in [0.15, 0.2) is 0 Å². The van der Waals surface area contributed by atoms with Crippen molar-refractivity contribution >= 4 is 17.3 Å². The van der Waals surface area contributed by atoms with Gasteiger partial charge < -0.3 is 5.32 Å². The number of hydrogen-bond donors (Lipinski definition) is 1. The number of aromatic nitrogens is 2. The van der Waals surface area contributed by atoms with Gasteiger partial charge in [-0.15, -0.1) is 0 Å². The average molecular weight is 293 g/mol. The summed E-state index contributed by atoms with van der Waals surface area (Å²) in [6.07, 6.45) is 1.70. The molecule has 0 amide bonds. The Balaban J connectivity index is 1.97. The molecule has 1 aromatic carbocycles. The molecule has 0 aliphatic heterocycles. The molecular formula is C13H13ClN4O2. The molecular weight excluding hydrogens is 280 g/mol. The van der Waals surface area contributed by atoms with Gasteiger partial charge in [-0.2, -0.15) is 0 Å². The summed E-state index contributed by atoms with van der Waals surface area (Å²) in [5.41, 5.74) is 1.59. The summed E-state index contributed by atoms with van der Waals surface area (Å²) < 4.78 is 0. The molecule has 0 aliphatic carbocycles. The summed E-state index contributed by atoms with van der Waals surface area (Å²) in [7, 11) is 0. The van der Waals surface area contributed by atoms with E-state index in [-0.39, 0.29) is 10.7 Å². The van der Waals surface area contributed by atoms with Crippen molar-refractivity contribution in [2.75, 3.05) is 0 Å². The maximum Gasteiger partial charge on any atom is 0.288 e. The highest BCUT2D eigenvalue weighted by Crippen LogP contribution is 2.24. The van der Waals surface area contributed by atoms with Crippen molar-refractivity contribution < 1.29 is 4.92 Å². The largest absolute Gasteiger partial charge is 0.307 e. The van der Waals surface area contributed by atoms with Crippen molar-refractivity contribution in [3.63, 3.8) is 0 Å². The average Bonchev–Trinajstić information content (AvgIpc) is 2.40. The molecule has 6 nitrogen and oxygen atoms in total. The van der Waals surface area contributed by atoms with Crippen LogP contribution in [-0.4, -0.2) is 14.9 Å². The summed E-state index contributed by atoms with van der Waals surface area (Å²) in [4.78, 5) is 18.6. The first-order valence-corrected chi connectivity index (χ1v) is 6.36. The highest BCUT2D eigenvalue weighted by atomic mass is 35.5. The molecule has 2 aromatic rings. The summed E-state index contributed by atoms with van der Waals surface area (Å²) in [5.74, 6) is 0.714. The van der Waals surface area contributed by atoms with Crippen LogP contribution in [-0.2, 0) is 13.1 Å². The summed E-state index contributed by atoms with van der Waals surface area (Å²) in [5, 5.41) is 14.1. The zero-order chi connectivity index (χ0) is 14.5. The van der Waals surface area contributed by atoms with Crippen molar-refractivity contribution in [2.24, 2.45) is 0 Å². The van der Waals surface area contributed by atoms with Crippen LogP contribution in [0.3, 0.4) is 0 Å². The van der Waals surface area contributed by atoms with Crippen molar-refractivity contribution in [3.05, 3.63) is 62.7 Å². The van der Waals surface area contributed by atoms with E-state index in [1.165, 1.54) is 12.1 Å². The quantitative estimate of drug-likeness (QED) is 0.677. The Morgan fingerprint density at radius 1 is 1.35 bits per heavy atom. The van der Waals surface area contributed by atoms with Gasteiger partial charge in [-0.1, -0.05) is 17.7 Å². The number of nitrogens with one attached hydrogen (secondary N) is 1. The fourth-order valence-corrected chi connectivity index (χ4v) is 1.93. The molecule has 104 valence electrons. The fraction of sp³-hybridized carbons (Fsp3) is 0.231. The molecule has 2 rings (SSSR count). The van der Waals surface area contributed by atoms with Crippen LogP contribution in [0.2, 0.25) is 5.02 Å². The molecule has 0 atom stereocenters. The van der Waals surface area contributed by atoms with Crippen LogP contribution >= 0.6 is 11.6 Å². The lowest BCUT2D eigenvalue weighted by Gasteiger charge is -2.05. The molecule has 0 aliphatic rings. The van der Waals surface area contributed by atoms with Gasteiger partial charge in [0, 0.05) is 25.4 Å². The lowest BCUT2D eigenvalue weighted by atomic mass is 10.2. The van der Waals surface area contributed by atoms with Crippen LogP contribution in [0, 0.1) is 17.0 Å². The number of rotatable bonds is 5. The van der Waals surface area contributed by atoms with Crippen molar-refractivity contribution in [3.8, 4) is 0 Å². The molecule has 20 heavy (non-hydrogen) atoms. The first-order valence-electron chi connectivity index (χ1n) is 5.98. The second-order valence-electron chi connectivity index (χ2n) is 4.24. The molecule has 0 bridgehead atoms. The Morgan fingerprint density at radius 2 is 2.15 bits per heavy atom. The van der Waals surface area contributed by atoms with Gasteiger partial charge in [-0.25, -0.2) is 9.97 Å². The number of nitro benzene ring substituents is 1. The molecule has 0 saturated carbocycles. The third kappa shape index (κ3) is 3.72. The van der Waals surface area contributed by atoms with Gasteiger partial charge in [-0.05, 0) is 24.6 Å². The highest BCUT2D eigenvalue weighted by Gasteiger charge is 2.12. The van der Waals surface area contributed by atoms with E-state index in [4.69, 9.17) is 11.6 Å². The predicted octanol–water partition coefficient (Wildman–Crippen LogP) is 2.64. The Morgan fingerprint density at radius 3 is 2.85 bits per heavy atom. The van der Waals surface area contributed by atoms with Gasteiger partial charge in [0.1, 0.15) is 10.8 Å². The highest BCUT2D eigenvalue weighted by molar-refractivity contribution is 6.32. The van der Waals surface area contributed by atoms with Gasteiger partial charge in [0.05, 0.1) is 10.6 Å². The molecule has 1 heterocycles. The Hall–Kier alpha value is -2.05. The Kier molecular flexibility index (Phi) is 4.60. The van der Waals surface area contributed by atoms with Crippen LogP contribution < -0.4 is 5.32 Å². The smallest absolute Gasteiger partial charge is 0.288 e. The zero-order valence-corrected chi connectivity index (χ0v) is 11.6. The third-order valence-electron chi connectivity index (χ3n) is 2.68. The van der Waals surface area contributed by atoms with Gasteiger partial charge >= 0.3 is 0 Å². The topological polar surface area (TPSA) is 81.0 Å². The van der Waals surface area contributed by atoms with Crippen LogP contribution in [0.4, 0.5) is 5.69 Å². The normalized spacial score (nSPS) is 10.5. The second kappa shape index (κ2) is 6.40. The molecule has 7 heteroatoms. The predicted molar refractivity (Wildman–Crippen MR) is 75.4 cm³/mol. The lowest BCUT2D eigenvalue weighted by molar-refractivity contribution is -0.384. The van der Waals surface area contributed by atoms with E-state index in [2.05, 4.69) is 15.3 Å². The number of nitro groups is 1. The number of hydrogen-bond acceptors (Lipinski definition) is 5. The standard InChI is InChI=1S/C13H13ClN4O2/c1-9-16-5-4-11(17-9)8-15-7-10-2-3-12(14)13(6-10)18(19)20/h2-6,15H,7-8H2,1H3. The molecule has 1 N–H and O–H groups in total. The SMILES string of the molecule is Cc1nccc(CNCc2ccc(Cl)c([N+](=O)[O-])c2)n1. The van der Waals surface area contributed by atoms with E-state index in [0.29, 0.717) is 18.9 Å². The molecule has 0 saturated heterocycles. The molecule has 1 aromatic heterocycles.